The van der Waals surface area contributed by atoms with Crippen molar-refractivity contribution in [3.05, 3.63) is 18.3 Å². The number of hydrogen-bond donors (Lipinski definition) is 3. The van der Waals surface area contributed by atoms with Crippen LogP contribution in [0.15, 0.2) is 23.2 Å². The van der Waals surface area contributed by atoms with Gasteiger partial charge >= 0.3 is 0 Å². The van der Waals surface area contributed by atoms with Gasteiger partial charge in [-0.1, -0.05) is 0 Å². The summed E-state index contributed by atoms with van der Waals surface area (Å²) >= 11 is 0. The fourth-order valence-corrected chi connectivity index (χ4v) is 3.19. The zero-order chi connectivity index (χ0) is 13.7. The molecule has 4 N–H and O–H groups in total. The van der Waals surface area contributed by atoms with Crippen LogP contribution < -0.4 is 16.0 Å². The fraction of sp³-hybridized carbons (Fsp3) is 0.545. The molecule has 0 aliphatic carbocycles. The lowest BCUT2D eigenvalue weighted by Gasteiger charge is -2.12. The van der Waals surface area contributed by atoms with Gasteiger partial charge in [0.1, 0.15) is 4.90 Å². The Morgan fingerprint density at radius 3 is 3.05 bits per heavy atom. The molecule has 2 rings (SSSR count). The number of nitrogens with two attached hydrogens (primary N) is 1. The summed E-state index contributed by atoms with van der Waals surface area (Å²) in [6, 6.07) is 3.01. The van der Waals surface area contributed by atoms with Gasteiger partial charge in [0.2, 0.25) is 10.0 Å². The third-order valence-corrected chi connectivity index (χ3v) is 4.47. The highest BCUT2D eigenvalue weighted by molar-refractivity contribution is 7.89. The smallest absolute Gasteiger partial charge is 0.244 e. The van der Waals surface area contributed by atoms with Crippen LogP contribution in [0.2, 0.25) is 0 Å². The first-order chi connectivity index (χ1) is 9.13. The summed E-state index contributed by atoms with van der Waals surface area (Å²) in [5, 5.41) is 0. The molecule has 0 spiro atoms. The summed E-state index contributed by atoms with van der Waals surface area (Å²) in [6.45, 7) is 1.10. The van der Waals surface area contributed by atoms with Crippen LogP contribution in [0, 0.1) is 0 Å². The SMILES string of the molecule is NNc1ncccc1S(=O)(=O)NCCC1CCCO1. The first-order valence-electron chi connectivity index (χ1n) is 6.16. The number of rotatable bonds is 6. The summed E-state index contributed by atoms with van der Waals surface area (Å²) in [7, 11) is -3.61. The predicted molar refractivity (Wildman–Crippen MR) is 70.8 cm³/mol. The van der Waals surface area contributed by atoms with Crippen LogP contribution in [0.5, 0.6) is 0 Å². The zero-order valence-corrected chi connectivity index (χ0v) is 11.3. The van der Waals surface area contributed by atoms with Gasteiger partial charge in [0.25, 0.3) is 0 Å². The highest BCUT2D eigenvalue weighted by Crippen LogP contribution is 2.18. The van der Waals surface area contributed by atoms with E-state index in [0.717, 1.165) is 19.4 Å². The Bertz CT molecular complexity index is 514. The van der Waals surface area contributed by atoms with E-state index < -0.39 is 10.0 Å². The van der Waals surface area contributed by atoms with Crippen LogP contribution >= 0.6 is 0 Å². The molecule has 0 aromatic carbocycles. The molecule has 1 unspecified atom stereocenters. The molecule has 1 aliphatic heterocycles. The number of pyridine rings is 1. The molecule has 0 bridgehead atoms. The number of aromatic nitrogens is 1. The van der Waals surface area contributed by atoms with E-state index in [0.29, 0.717) is 13.0 Å². The van der Waals surface area contributed by atoms with Gasteiger partial charge in [0, 0.05) is 19.3 Å². The Labute approximate surface area is 112 Å². The van der Waals surface area contributed by atoms with Crippen molar-refractivity contribution in [3.63, 3.8) is 0 Å². The molecular formula is C11H18N4O3S. The van der Waals surface area contributed by atoms with E-state index >= 15 is 0 Å². The number of anilines is 1. The Kier molecular flexibility index (Phi) is 4.70. The molecule has 106 valence electrons. The molecule has 1 aromatic rings. The van der Waals surface area contributed by atoms with Crippen LogP contribution in [0.4, 0.5) is 5.82 Å². The van der Waals surface area contributed by atoms with E-state index in [1.165, 1.54) is 12.3 Å². The lowest BCUT2D eigenvalue weighted by atomic mass is 10.2. The van der Waals surface area contributed by atoms with Gasteiger partial charge in [-0.3, -0.25) is 0 Å². The second kappa shape index (κ2) is 6.29. The number of ether oxygens (including phenoxy) is 1. The molecule has 0 saturated carbocycles. The third-order valence-electron chi connectivity index (χ3n) is 2.98. The number of hydrogen-bond acceptors (Lipinski definition) is 6. The predicted octanol–water partition coefficient (Wildman–Crippen LogP) is 0.215. The van der Waals surface area contributed by atoms with Crippen LogP contribution in [0.3, 0.4) is 0 Å². The molecule has 19 heavy (non-hydrogen) atoms. The molecule has 1 saturated heterocycles. The van der Waals surface area contributed by atoms with E-state index in [9.17, 15) is 8.42 Å². The normalized spacial score (nSPS) is 19.5. The van der Waals surface area contributed by atoms with Crippen molar-refractivity contribution in [3.8, 4) is 0 Å². The van der Waals surface area contributed by atoms with Crippen molar-refractivity contribution < 1.29 is 13.2 Å². The monoisotopic (exact) mass is 286 g/mol. The zero-order valence-electron chi connectivity index (χ0n) is 10.5. The molecule has 1 fully saturated rings. The van der Waals surface area contributed by atoms with Gasteiger partial charge in [-0.2, -0.15) is 0 Å². The first-order valence-corrected chi connectivity index (χ1v) is 7.64. The van der Waals surface area contributed by atoms with Crippen molar-refractivity contribution in [2.75, 3.05) is 18.6 Å². The van der Waals surface area contributed by atoms with Crippen LogP contribution in [-0.4, -0.2) is 32.7 Å². The lowest BCUT2D eigenvalue weighted by molar-refractivity contribution is 0.105. The maximum Gasteiger partial charge on any atom is 0.244 e. The van der Waals surface area contributed by atoms with E-state index in [2.05, 4.69) is 15.1 Å². The van der Waals surface area contributed by atoms with Crippen LogP contribution in [0.25, 0.3) is 0 Å². The largest absolute Gasteiger partial charge is 0.378 e. The molecule has 8 heteroatoms. The van der Waals surface area contributed by atoms with E-state index in [4.69, 9.17) is 10.6 Å². The molecular weight excluding hydrogens is 268 g/mol. The molecule has 1 atom stereocenters. The molecule has 7 nitrogen and oxygen atoms in total. The molecule has 2 heterocycles. The Morgan fingerprint density at radius 2 is 2.37 bits per heavy atom. The number of nitrogen functional groups attached to an aromatic ring is 1. The standard InChI is InChI=1S/C11H18N4O3S/c12-15-11-10(4-1-6-13-11)19(16,17)14-7-5-9-3-2-8-18-9/h1,4,6,9,14H,2-3,5,7-8,12H2,(H,13,15). The summed E-state index contributed by atoms with van der Waals surface area (Å²) < 4.78 is 32.2. The Balaban J connectivity index is 1.97. The second-order valence-corrected chi connectivity index (χ2v) is 6.05. The molecule has 0 radical (unpaired) electrons. The van der Waals surface area contributed by atoms with Gasteiger partial charge < -0.3 is 10.2 Å². The maximum atomic E-state index is 12.1. The quantitative estimate of drug-likeness (QED) is 0.510. The van der Waals surface area contributed by atoms with Gasteiger partial charge in [-0.15, -0.1) is 0 Å². The van der Waals surface area contributed by atoms with Gasteiger partial charge in [-0.25, -0.2) is 24.0 Å². The number of sulfonamides is 1. The first kappa shape index (κ1) is 14.2. The topological polar surface area (TPSA) is 106 Å². The minimum atomic E-state index is -3.61. The van der Waals surface area contributed by atoms with Crippen LogP contribution in [0.1, 0.15) is 19.3 Å². The maximum absolute atomic E-state index is 12.1. The number of hydrazine groups is 1. The van der Waals surface area contributed by atoms with Crippen LogP contribution in [-0.2, 0) is 14.8 Å². The van der Waals surface area contributed by atoms with E-state index in [1.54, 1.807) is 6.07 Å². The molecule has 1 aliphatic rings. The number of nitrogens with zero attached hydrogens (tertiary/aromatic N) is 1. The van der Waals surface area contributed by atoms with Gasteiger partial charge in [0.05, 0.1) is 6.10 Å². The average molecular weight is 286 g/mol. The minimum absolute atomic E-state index is 0.0461. The van der Waals surface area contributed by atoms with Crippen molar-refractivity contribution in [2.24, 2.45) is 5.84 Å². The Hall–Kier alpha value is -1.22. The highest BCUT2D eigenvalue weighted by Gasteiger charge is 2.20. The summed E-state index contributed by atoms with van der Waals surface area (Å²) in [5.41, 5.74) is 2.28. The molecule has 0 amide bonds. The lowest BCUT2D eigenvalue weighted by Crippen LogP contribution is -2.28. The summed E-state index contributed by atoms with van der Waals surface area (Å²) in [5.74, 6) is 5.38. The van der Waals surface area contributed by atoms with Gasteiger partial charge in [-0.05, 0) is 31.4 Å². The average Bonchev–Trinajstić information content (AvgIpc) is 2.91. The third kappa shape index (κ3) is 3.63. The van der Waals surface area contributed by atoms with Crippen molar-refractivity contribution in [2.45, 2.75) is 30.3 Å². The number of nitrogens with one attached hydrogen (secondary N) is 2. The van der Waals surface area contributed by atoms with E-state index in [1.807, 2.05) is 0 Å². The van der Waals surface area contributed by atoms with Crippen molar-refractivity contribution in [1.29, 1.82) is 0 Å². The van der Waals surface area contributed by atoms with E-state index in [-0.39, 0.29) is 16.8 Å². The van der Waals surface area contributed by atoms with Crippen molar-refractivity contribution >= 4 is 15.8 Å². The van der Waals surface area contributed by atoms with Gasteiger partial charge in [0.15, 0.2) is 5.82 Å². The van der Waals surface area contributed by atoms with Crippen molar-refractivity contribution in [1.82, 2.24) is 9.71 Å². The highest BCUT2D eigenvalue weighted by atomic mass is 32.2. The fourth-order valence-electron chi connectivity index (χ4n) is 2.02. The summed E-state index contributed by atoms with van der Waals surface area (Å²) in [4.78, 5) is 3.92. The minimum Gasteiger partial charge on any atom is -0.378 e. The molecule has 1 aromatic heterocycles. The summed E-state index contributed by atoms with van der Waals surface area (Å²) in [6.07, 6.45) is 4.33. The second-order valence-electron chi connectivity index (χ2n) is 4.32. The Morgan fingerprint density at radius 1 is 1.53 bits per heavy atom.